The van der Waals surface area contributed by atoms with Crippen LogP contribution in [-0.2, 0) is 0 Å². The van der Waals surface area contributed by atoms with Crippen molar-refractivity contribution in [3.05, 3.63) is 84.8 Å². The number of halogens is 1. The second kappa shape index (κ2) is 7.27. The maximum atomic E-state index is 12.9. The van der Waals surface area contributed by atoms with Gasteiger partial charge < -0.3 is 9.47 Å². The number of rotatable bonds is 6. The largest absolute Gasteiger partial charge is 0.490 e. The average Bonchev–Trinajstić information content (AvgIpc) is 3.06. The fraction of sp³-hybridized carbons (Fsp3) is 0.0952. The summed E-state index contributed by atoms with van der Waals surface area (Å²) in [5.74, 6) is 0.998. The van der Waals surface area contributed by atoms with Crippen molar-refractivity contribution >= 4 is 5.65 Å². The van der Waals surface area contributed by atoms with Crippen molar-refractivity contribution in [3.63, 3.8) is 0 Å². The van der Waals surface area contributed by atoms with Gasteiger partial charge in [-0.3, -0.25) is 4.40 Å². The number of nitrogens with zero attached hydrogens (tertiary/aromatic N) is 2. The number of aromatic nitrogens is 2. The van der Waals surface area contributed by atoms with Gasteiger partial charge in [0.15, 0.2) is 0 Å². The molecular weight excluding hydrogens is 331 g/mol. The van der Waals surface area contributed by atoms with Gasteiger partial charge in [-0.1, -0.05) is 36.4 Å². The highest BCUT2D eigenvalue weighted by Crippen LogP contribution is 2.30. The van der Waals surface area contributed by atoms with Gasteiger partial charge in [0.25, 0.3) is 0 Å². The quantitative estimate of drug-likeness (QED) is 0.478. The maximum absolute atomic E-state index is 12.9. The minimum Gasteiger partial charge on any atom is -0.490 e. The number of ether oxygens (including phenoxy) is 2. The van der Waals surface area contributed by atoms with Gasteiger partial charge in [0.1, 0.15) is 36.1 Å². The molecule has 0 saturated heterocycles. The van der Waals surface area contributed by atoms with Gasteiger partial charge in [-0.2, -0.15) is 0 Å². The zero-order chi connectivity index (χ0) is 17.8. The fourth-order valence-electron chi connectivity index (χ4n) is 2.72. The number of fused-ring (bicyclic) bond motifs is 1. The van der Waals surface area contributed by atoms with Crippen LogP contribution in [0.1, 0.15) is 0 Å². The lowest BCUT2D eigenvalue weighted by Crippen LogP contribution is -2.10. The Bertz CT molecular complexity index is 998. The lowest BCUT2D eigenvalue weighted by molar-refractivity contribution is 0.211. The second-order valence-electron chi connectivity index (χ2n) is 5.71. The van der Waals surface area contributed by atoms with Crippen LogP contribution in [0.2, 0.25) is 0 Å². The molecule has 130 valence electrons. The van der Waals surface area contributed by atoms with E-state index in [0.717, 1.165) is 16.9 Å². The first-order valence-electron chi connectivity index (χ1n) is 8.35. The predicted molar refractivity (Wildman–Crippen MR) is 98.0 cm³/mol. The fourth-order valence-corrected chi connectivity index (χ4v) is 2.72. The molecule has 4 nitrogen and oxygen atoms in total. The SMILES string of the molecule is Fc1ccc(OCCOc2c(-c3ccccc3)nc3ccccn23)cc1. The van der Waals surface area contributed by atoms with Crippen LogP contribution in [0.4, 0.5) is 4.39 Å². The summed E-state index contributed by atoms with van der Waals surface area (Å²) in [4.78, 5) is 4.68. The zero-order valence-corrected chi connectivity index (χ0v) is 14.0. The first-order valence-corrected chi connectivity index (χ1v) is 8.35. The van der Waals surface area contributed by atoms with Crippen LogP contribution >= 0.6 is 0 Å². The molecule has 0 amide bonds. The Morgan fingerprint density at radius 1 is 0.808 bits per heavy atom. The van der Waals surface area contributed by atoms with Crippen LogP contribution in [0.5, 0.6) is 11.6 Å². The normalized spacial score (nSPS) is 10.8. The van der Waals surface area contributed by atoms with Crippen molar-refractivity contribution in [1.82, 2.24) is 9.38 Å². The summed E-state index contributed by atoms with van der Waals surface area (Å²) in [7, 11) is 0. The van der Waals surface area contributed by atoms with E-state index in [4.69, 9.17) is 9.47 Å². The Kier molecular flexibility index (Phi) is 4.51. The molecule has 4 rings (SSSR count). The topological polar surface area (TPSA) is 35.8 Å². The van der Waals surface area contributed by atoms with Gasteiger partial charge in [-0.05, 0) is 36.4 Å². The monoisotopic (exact) mass is 348 g/mol. The zero-order valence-electron chi connectivity index (χ0n) is 14.0. The Labute approximate surface area is 150 Å². The Morgan fingerprint density at radius 2 is 1.54 bits per heavy atom. The van der Waals surface area contributed by atoms with Gasteiger partial charge >= 0.3 is 0 Å². The van der Waals surface area contributed by atoms with E-state index in [9.17, 15) is 4.39 Å². The summed E-state index contributed by atoms with van der Waals surface area (Å²) >= 11 is 0. The molecule has 0 N–H and O–H groups in total. The van der Waals surface area contributed by atoms with Crippen LogP contribution < -0.4 is 9.47 Å². The van der Waals surface area contributed by atoms with E-state index in [-0.39, 0.29) is 5.82 Å². The molecule has 5 heteroatoms. The van der Waals surface area contributed by atoms with Crippen molar-refractivity contribution in [1.29, 1.82) is 0 Å². The summed E-state index contributed by atoms with van der Waals surface area (Å²) in [5.41, 5.74) is 2.60. The third kappa shape index (κ3) is 3.37. The standard InChI is InChI=1S/C21H17FN2O2/c22-17-9-11-18(12-10-17)25-14-15-26-21-20(16-6-2-1-3-7-16)23-19-8-4-5-13-24(19)21/h1-13H,14-15H2. The molecular formula is C21H17FN2O2. The third-order valence-corrected chi connectivity index (χ3v) is 3.94. The van der Waals surface area contributed by atoms with Crippen molar-refractivity contribution in [3.8, 4) is 22.9 Å². The van der Waals surface area contributed by atoms with Crippen molar-refractivity contribution in [2.24, 2.45) is 0 Å². The second-order valence-corrected chi connectivity index (χ2v) is 5.71. The molecule has 0 radical (unpaired) electrons. The molecule has 2 heterocycles. The maximum Gasteiger partial charge on any atom is 0.226 e. The van der Waals surface area contributed by atoms with Crippen LogP contribution in [0.3, 0.4) is 0 Å². The molecule has 0 aliphatic heterocycles. The van der Waals surface area contributed by atoms with E-state index in [1.807, 2.05) is 59.1 Å². The van der Waals surface area contributed by atoms with E-state index in [2.05, 4.69) is 4.98 Å². The van der Waals surface area contributed by atoms with E-state index in [0.29, 0.717) is 24.8 Å². The minimum atomic E-state index is -0.285. The molecule has 4 aromatic rings. The lowest BCUT2D eigenvalue weighted by Gasteiger charge is -2.10. The molecule has 0 unspecified atom stereocenters. The molecule has 0 atom stereocenters. The number of hydrogen-bond donors (Lipinski definition) is 0. The molecule has 0 aliphatic rings. The number of benzene rings is 2. The molecule has 26 heavy (non-hydrogen) atoms. The molecule has 0 aliphatic carbocycles. The Morgan fingerprint density at radius 3 is 2.35 bits per heavy atom. The smallest absolute Gasteiger partial charge is 0.226 e. The first-order chi connectivity index (χ1) is 12.8. The van der Waals surface area contributed by atoms with E-state index in [1.54, 1.807) is 12.1 Å². The number of pyridine rings is 1. The average molecular weight is 348 g/mol. The van der Waals surface area contributed by atoms with Crippen molar-refractivity contribution < 1.29 is 13.9 Å². The molecule has 2 aromatic carbocycles. The molecule has 2 aromatic heterocycles. The van der Waals surface area contributed by atoms with Gasteiger partial charge in [0.05, 0.1) is 0 Å². The minimum absolute atomic E-state index is 0.285. The molecule has 0 saturated carbocycles. The van der Waals surface area contributed by atoms with Gasteiger partial charge in [-0.25, -0.2) is 9.37 Å². The lowest BCUT2D eigenvalue weighted by atomic mass is 10.2. The van der Waals surface area contributed by atoms with Crippen LogP contribution in [0.25, 0.3) is 16.9 Å². The number of hydrogen-bond acceptors (Lipinski definition) is 3. The highest BCUT2D eigenvalue weighted by Gasteiger charge is 2.15. The number of imidazole rings is 1. The van der Waals surface area contributed by atoms with Crippen molar-refractivity contribution in [2.45, 2.75) is 0 Å². The van der Waals surface area contributed by atoms with Gasteiger partial charge in [-0.15, -0.1) is 0 Å². The molecule has 0 bridgehead atoms. The Hall–Kier alpha value is -3.34. The van der Waals surface area contributed by atoms with Gasteiger partial charge in [0, 0.05) is 11.8 Å². The third-order valence-electron chi connectivity index (χ3n) is 3.94. The van der Waals surface area contributed by atoms with Crippen LogP contribution in [0.15, 0.2) is 79.0 Å². The highest BCUT2D eigenvalue weighted by molar-refractivity contribution is 5.69. The summed E-state index contributed by atoms with van der Waals surface area (Å²) in [6, 6.07) is 21.7. The van der Waals surface area contributed by atoms with Crippen LogP contribution in [-0.4, -0.2) is 22.6 Å². The summed E-state index contributed by atoms with van der Waals surface area (Å²) in [6.07, 6.45) is 1.92. The Balaban J connectivity index is 1.52. The van der Waals surface area contributed by atoms with E-state index < -0.39 is 0 Å². The van der Waals surface area contributed by atoms with Gasteiger partial charge in [0.2, 0.25) is 5.88 Å². The van der Waals surface area contributed by atoms with E-state index in [1.165, 1.54) is 12.1 Å². The summed E-state index contributed by atoms with van der Waals surface area (Å²) < 4.78 is 26.4. The molecule has 0 spiro atoms. The summed E-state index contributed by atoms with van der Waals surface area (Å²) in [5, 5.41) is 0. The first kappa shape index (κ1) is 16.1. The molecule has 0 fully saturated rings. The van der Waals surface area contributed by atoms with Crippen molar-refractivity contribution in [2.75, 3.05) is 13.2 Å². The van der Waals surface area contributed by atoms with Crippen LogP contribution in [0, 0.1) is 5.82 Å². The predicted octanol–water partition coefficient (Wildman–Crippen LogP) is 4.60. The summed E-state index contributed by atoms with van der Waals surface area (Å²) in [6.45, 7) is 0.694. The van der Waals surface area contributed by atoms with E-state index >= 15 is 0 Å². The highest BCUT2D eigenvalue weighted by atomic mass is 19.1.